The smallest absolute Gasteiger partial charge is 0.316 e. The Morgan fingerprint density at radius 2 is 1.93 bits per heavy atom. The Labute approximate surface area is 154 Å². The molecule has 0 aromatic carbocycles. The van der Waals surface area contributed by atoms with E-state index in [1.54, 1.807) is 12.1 Å². The molecule has 3 aromatic rings. The van der Waals surface area contributed by atoms with Crippen LogP contribution in [0.5, 0.6) is 11.9 Å². The van der Waals surface area contributed by atoms with Gasteiger partial charge >= 0.3 is 6.01 Å². The zero-order valence-electron chi connectivity index (χ0n) is 13.8. The molecule has 0 aliphatic heterocycles. The molecule has 1 N–H and O–H groups in total. The standard InChI is InChI=1S/C16H14F2N5O3P/c17-16(18,27)9-26-15-20-6-11(7-21-15)12-3-4-13(24)23(22-12)8-10-2-1-5-19-14(10)25/h1-7H,8-9,27H2,(H,19,25). The van der Waals surface area contributed by atoms with Crippen molar-refractivity contribution < 1.29 is 18.6 Å². The second kappa shape index (κ2) is 7.71. The highest BCUT2D eigenvalue weighted by Crippen LogP contribution is 2.22. The lowest BCUT2D eigenvalue weighted by Gasteiger charge is -2.10. The van der Waals surface area contributed by atoms with Gasteiger partial charge in [-0.25, -0.2) is 19.6 Å². The summed E-state index contributed by atoms with van der Waals surface area (Å²) in [5, 5.41) is 14.0. The number of alkyl halides is 2. The molecule has 0 saturated carbocycles. The van der Waals surface area contributed by atoms with Crippen molar-refractivity contribution in [3.05, 3.63) is 58.8 Å². The molecule has 0 aliphatic rings. The number of ether oxygens (including phenoxy) is 1. The molecule has 27 heavy (non-hydrogen) atoms. The van der Waals surface area contributed by atoms with Gasteiger partial charge in [0.25, 0.3) is 11.2 Å². The minimum Gasteiger partial charge on any atom is -0.493 e. The van der Waals surface area contributed by atoms with Gasteiger partial charge in [0.05, 0.1) is 12.2 Å². The molecular formula is C16H14F2N5O3P. The molecule has 8 nitrogen and oxygen atoms in total. The summed E-state index contributed by atoms with van der Waals surface area (Å²) < 4.78 is 31.5. The van der Waals surface area contributed by atoms with Gasteiger partial charge in [0.2, 0.25) is 5.88 Å². The third-order valence-electron chi connectivity index (χ3n) is 3.37. The van der Waals surface area contributed by atoms with Crippen molar-refractivity contribution in [1.29, 1.82) is 0 Å². The molecular weight excluding hydrogens is 379 g/mol. The highest BCUT2D eigenvalue weighted by Gasteiger charge is 2.22. The predicted molar refractivity (Wildman–Crippen MR) is 94.7 cm³/mol. The molecule has 1 unspecified atom stereocenters. The monoisotopic (exact) mass is 393 g/mol. The molecule has 3 heterocycles. The summed E-state index contributed by atoms with van der Waals surface area (Å²) in [5.74, 6) is -0.188. The van der Waals surface area contributed by atoms with Crippen molar-refractivity contribution in [3.63, 3.8) is 0 Å². The van der Waals surface area contributed by atoms with E-state index < -0.39 is 12.3 Å². The Kier molecular flexibility index (Phi) is 5.36. The van der Waals surface area contributed by atoms with Crippen LogP contribution in [0.2, 0.25) is 0 Å². The van der Waals surface area contributed by atoms with Crippen LogP contribution in [0.25, 0.3) is 11.3 Å². The van der Waals surface area contributed by atoms with Crippen LogP contribution in [0.1, 0.15) is 5.56 Å². The summed E-state index contributed by atoms with van der Waals surface area (Å²) >= 11 is 0. The first kappa shape index (κ1) is 18.8. The van der Waals surface area contributed by atoms with Crippen LogP contribution >= 0.6 is 9.24 Å². The Hall–Kier alpha value is -3.00. The first-order valence-corrected chi connectivity index (χ1v) is 8.22. The first-order valence-electron chi connectivity index (χ1n) is 7.65. The van der Waals surface area contributed by atoms with Crippen LogP contribution in [0.3, 0.4) is 0 Å². The van der Waals surface area contributed by atoms with Gasteiger partial charge in [-0.1, -0.05) is 15.3 Å². The summed E-state index contributed by atoms with van der Waals surface area (Å²) in [7, 11) is 1.36. The Bertz CT molecular complexity index is 992. The molecule has 0 fully saturated rings. The number of aromatic nitrogens is 5. The number of halogens is 2. The molecule has 0 saturated heterocycles. The van der Waals surface area contributed by atoms with Crippen molar-refractivity contribution in [3.8, 4) is 23.1 Å². The van der Waals surface area contributed by atoms with Gasteiger partial charge in [-0.3, -0.25) is 4.79 Å². The molecule has 11 heteroatoms. The van der Waals surface area contributed by atoms with E-state index in [0.717, 1.165) is 4.68 Å². The molecule has 1 atom stereocenters. The lowest BCUT2D eigenvalue weighted by atomic mass is 10.2. The average molecular weight is 393 g/mol. The zero-order valence-corrected chi connectivity index (χ0v) is 14.9. The first-order chi connectivity index (χ1) is 12.8. The van der Waals surface area contributed by atoms with E-state index in [9.17, 15) is 18.7 Å². The topological polar surface area (TPSA) is 103 Å². The van der Waals surface area contributed by atoms with E-state index >= 15 is 0 Å². The maximum absolute atomic E-state index is 12.8. The Balaban J connectivity index is 1.81. The Morgan fingerprint density at radius 3 is 2.59 bits per heavy atom. The third-order valence-corrected chi connectivity index (χ3v) is 3.54. The van der Waals surface area contributed by atoms with Gasteiger partial charge in [-0.05, 0) is 12.1 Å². The van der Waals surface area contributed by atoms with Crippen LogP contribution in [0, 0.1) is 0 Å². The van der Waals surface area contributed by atoms with E-state index in [-0.39, 0.29) is 24.0 Å². The van der Waals surface area contributed by atoms with E-state index in [1.165, 1.54) is 40.0 Å². The average Bonchev–Trinajstić information content (AvgIpc) is 2.63. The lowest BCUT2D eigenvalue weighted by Crippen LogP contribution is -2.23. The van der Waals surface area contributed by atoms with Gasteiger partial charge in [0, 0.05) is 35.8 Å². The van der Waals surface area contributed by atoms with Gasteiger partial charge < -0.3 is 9.84 Å². The fraction of sp³-hybridized carbons (Fsp3) is 0.188. The number of hydrogen-bond donors (Lipinski definition) is 1. The zero-order chi connectivity index (χ0) is 19.4. The maximum atomic E-state index is 12.8. The summed E-state index contributed by atoms with van der Waals surface area (Å²) in [6.07, 6.45) is 4.13. The normalized spacial score (nSPS) is 11.4. The van der Waals surface area contributed by atoms with Crippen LogP contribution < -0.4 is 10.3 Å². The van der Waals surface area contributed by atoms with E-state index in [2.05, 4.69) is 20.1 Å². The van der Waals surface area contributed by atoms with Gasteiger partial charge in [0.15, 0.2) is 6.61 Å². The fourth-order valence-electron chi connectivity index (χ4n) is 2.11. The minimum absolute atomic E-state index is 0.0254. The Morgan fingerprint density at radius 1 is 1.19 bits per heavy atom. The van der Waals surface area contributed by atoms with Crippen molar-refractivity contribution in [2.45, 2.75) is 12.2 Å². The quantitative estimate of drug-likeness (QED) is 0.636. The SMILES string of the molecule is O=c1ccc(-c2cnc(OCC(F)(F)P)nc2)nn1Cc1cccnc1O. The lowest BCUT2D eigenvalue weighted by molar-refractivity contribution is 0.0422. The summed E-state index contributed by atoms with van der Waals surface area (Å²) in [6.45, 7) is -0.841. The maximum Gasteiger partial charge on any atom is 0.316 e. The van der Waals surface area contributed by atoms with Gasteiger partial charge in [0.1, 0.15) is 0 Å². The minimum atomic E-state index is -3.07. The van der Waals surface area contributed by atoms with Crippen molar-refractivity contribution in [2.75, 3.05) is 6.61 Å². The fourth-order valence-corrected chi connectivity index (χ4v) is 2.20. The third kappa shape index (κ3) is 5.01. The van der Waals surface area contributed by atoms with Crippen molar-refractivity contribution >= 4 is 9.24 Å². The summed E-state index contributed by atoms with van der Waals surface area (Å²) in [6, 6.07) is 5.86. The van der Waals surface area contributed by atoms with E-state index in [1.807, 2.05) is 0 Å². The second-order valence-corrected chi connectivity index (χ2v) is 6.35. The van der Waals surface area contributed by atoms with Crippen LogP contribution in [0.15, 0.2) is 47.7 Å². The van der Waals surface area contributed by atoms with Gasteiger partial charge in [-0.2, -0.15) is 13.9 Å². The molecule has 0 radical (unpaired) electrons. The largest absolute Gasteiger partial charge is 0.493 e. The highest BCUT2D eigenvalue weighted by molar-refractivity contribution is 7.18. The molecule has 0 aliphatic carbocycles. The van der Waals surface area contributed by atoms with Crippen LogP contribution in [-0.2, 0) is 6.54 Å². The predicted octanol–water partition coefficient (Wildman–Crippen LogP) is 1.70. The number of nitrogens with zero attached hydrogens (tertiary/aromatic N) is 5. The molecule has 3 rings (SSSR count). The van der Waals surface area contributed by atoms with Crippen LogP contribution in [-0.4, -0.2) is 42.1 Å². The summed E-state index contributed by atoms with van der Waals surface area (Å²) in [4.78, 5) is 23.5. The van der Waals surface area contributed by atoms with Crippen LogP contribution in [0.4, 0.5) is 8.78 Å². The molecule has 0 spiro atoms. The number of hydrogen-bond acceptors (Lipinski definition) is 7. The van der Waals surface area contributed by atoms with E-state index in [4.69, 9.17) is 4.74 Å². The second-order valence-electron chi connectivity index (χ2n) is 5.50. The van der Waals surface area contributed by atoms with Crippen molar-refractivity contribution in [2.24, 2.45) is 0 Å². The molecule has 0 amide bonds. The summed E-state index contributed by atoms with van der Waals surface area (Å²) in [5.41, 5.74) is -2.16. The number of aromatic hydroxyl groups is 1. The number of rotatable bonds is 6. The molecule has 0 bridgehead atoms. The van der Waals surface area contributed by atoms with Crippen molar-refractivity contribution in [1.82, 2.24) is 24.7 Å². The van der Waals surface area contributed by atoms with E-state index in [0.29, 0.717) is 16.8 Å². The number of pyridine rings is 1. The highest BCUT2D eigenvalue weighted by atomic mass is 31.0. The molecule has 3 aromatic heterocycles. The van der Waals surface area contributed by atoms with Gasteiger partial charge in [-0.15, -0.1) is 0 Å². The molecule has 140 valence electrons.